The van der Waals surface area contributed by atoms with Gasteiger partial charge in [0.25, 0.3) is 0 Å². The third kappa shape index (κ3) is 11.8. The lowest BCUT2D eigenvalue weighted by molar-refractivity contribution is -0.123. The third-order valence-corrected chi connectivity index (χ3v) is 2.14. The summed E-state index contributed by atoms with van der Waals surface area (Å²) in [7, 11) is 1.75. The van der Waals surface area contributed by atoms with Crippen molar-refractivity contribution in [2.75, 3.05) is 40.5 Å². The Morgan fingerprint density at radius 1 is 1.00 bits per heavy atom. The highest BCUT2D eigenvalue weighted by Gasteiger charge is 2.10. The largest absolute Gasteiger partial charge is 0.364 e. The van der Waals surface area contributed by atoms with Crippen molar-refractivity contribution < 1.29 is 23.8 Å². The first-order valence-corrected chi connectivity index (χ1v) is 6.36. The second kappa shape index (κ2) is 13.3. The van der Waals surface area contributed by atoms with E-state index in [0.717, 1.165) is 12.2 Å². The maximum absolute atomic E-state index is 11.0. The molecule has 8 nitrogen and oxygen atoms in total. The summed E-state index contributed by atoms with van der Waals surface area (Å²) in [5.74, 6) is -0.652. The Balaban J connectivity index is 3.94. The van der Waals surface area contributed by atoms with Crippen LogP contribution in [0.5, 0.6) is 0 Å². The first kappa shape index (κ1) is 19.3. The van der Waals surface area contributed by atoms with Crippen molar-refractivity contribution in [3.63, 3.8) is 0 Å². The first-order chi connectivity index (χ1) is 10.1. The molecular formula is C13H23N3O5. The molecule has 0 spiro atoms. The van der Waals surface area contributed by atoms with Gasteiger partial charge in [0, 0.05) is 0 Å². The van der Waals surface area contributed by atoms with Crippen LogP contribution in [0.15, 0.2) is 25.3 Å². The molecule has 0 rings (SSSR count). The van der Waals surface area contributed by atoms with E-state index in [2.05, 4.69) is 29.1 Å². The highest BCUT2D eigenvalue weighted by Crippen LogP contribution is 1.94. The predicted octanol–water partition coefficient (Wildman–Crippen LogP) is -0.899. The van der Waals surface area contributed by atoms with Gasteiger partial charge in [-0.25, -0.2) is 0 Å². The van der Waals surface area contributed by atoms with Gasteiger partial charge in [0.1, 0.15) is 19.6 Å². The smallest absolute Gasteiger partial charge is 0.245 e. The number of hydrogen-bond donors (Lipinski definition) is 3. The summed E-state index contributed by atoms with van der Waals surface area (Å²) in [6.45, 7) is 7.55. The van der Waals surface area contributed by atoms with Crippen molar-refractivity contribution >= 4 is 11.8 Å². The fraction of sp³-hybridized carbons (Fsp3) is 0.538. The number of carbonyl (C=O) groups excluding carboxylic acids is 2. The van der Waals surface area contributed by atoms with E-state index in [4.69, 9.17) is 14.2 Å². The molecule has 0 saturated heterocycles. The quantitative estimate of drug-likeness (QED) is 0.232. The van der Waals surface area contributed by atoms with E-state index in [9.17, 15) is 9.59 Å². The van der Waals surface area contributed by atoms with Crippen LogP contribution >= 0.6 is 0 Å². The molecule has 8 heteroatoms. The minimum absolute atomic E-state index is 0.0147. The van der Waals surface area contributed by atoms with E-state index in [1.54, 1.807) is 7.05 Å². The van der Waals surface area contributed by atoms with Gasteiger partial charge < -0.3 is 24.8 Å². The maximum Gasteiger partial charge on any atom is 0.245 e. The van der Waals surface area contributed by atoms with Crippen LogP contribution in [0.3, 0.4) is 0 Å². The van der Waals surface area contributed by atoms with Crippen molar-refractivity contribution in [2.24, 2.45) is 0 Å². The summed E-state index contributed by atoms with van der Waals surface area (Å²) in [6.07, 6.45) is 1.92. The van der Waals surface area contributed by atoms with Crippen LogP contribution in [0, 0.1) is 0 Å². The molecule has 1 atom stereocenters. The van der Waals surface area contributed by atoms with Crippen LogP contribution in [0.25, 0.3) is 0 Å². The summed E-state index contributed by atoms with van der Waals surface area (Å²) < 4.78 is 15.9. The van der Waals surface area contributed by atoms with Gasteiger partial charge in [-0.3, -0.25) is 14.9 Å². The molecule has 0 aromatic carbocycles. The van der Waals surface area contributed by atoms with Gasteiger partial charge in [0.2, 0.25) is 11.8 Å². The zero-order valence-electron chi connectivity index (χ0n) is 12.2. The second-order valence-electron chi connectivity index (χ2n) is 3.81. The Labute approximate surface area is 124 Å². The Hall–Kier alpha value is -1.74. The monoisotopic (exact) mass is 301 g/mol. The van der Waals surface area contributed by atoms with Crippen LogP contribution < -0.4 is 16.0 Å². The lowest BCUT2D eigenvalue weighted by atomic mass is 10.4. The molecule has 0 aliphatic rings. The van der Waals surface area contributed by atoms with Gasteiger partial charge in [0.15, 0.2) is 0 Å². The van der Waals surface area contributed by atoms with Crippen molar-refractivity contribution in [3.05, 3.63) is 25.3 Å². The minimum atomic E-state index is -0.385. The summed E-state index contributed by atoms with van der Waals surface area (Å²) in [4.78, 5) is 21.9. The normalized spacial score (nSPS) is 11.5. The van der Waals surface area contributed by atoms with Crippen LogP contribution in [-0.2, 0) is 23.8 Å². The van der Waals surface area contributed by atoms with Gasteiger partial charge in [-0.1, -0.05) is 13.2 Å². The summed E-state index contributed by atoms with van der Waals surface area (Å²) in [6, 6.07) is 0. The molecular weight excluding hydrogens is 278 g/mol. The SMILES string of the molecule is C=CC(=O)NCOCC(COCNC)OCNC(=O)C=C. The number of hydrogen-bond acceptors (Lipinski definition) is 6. The van der Waals surface area contributed by atoms with Crippen molar-refractivity contribution in [1.29, 1.82) is 0 Å². The summed E-state index contributed by atoms with van der Waals surface area (Å²) in [5, 5.41) is 7.78. The van der Waals surface area contributed by atoms with Gasteiger partial charge in [-0.2, -0.15) is 0 Å². The van der Waals surface area contributed by atoms with E-state index in [1.807, 2.05) is 0 Å². The highest BCUT2D eigenvalue weighted by molar-refractivity contribution is 5.86. The van der Waals surface area contributed by atoms with Crippen LogP contribution in [0.4, 0.5) is 0 Å². The molecule has 21 heavy (non-hydrogen) atoms. The first-order valence-electron chi connectivity index (χ1n) is 6.36. The molecule has 2 amide bonds. The third-order valence-electron chi connectivity index (χ3n) is 2.14. The highest BCUT2D eigenvalue weighted by atomic mass is 16.6. The van der Waals surface area contributed by atoms with Gasteiger partial charge in [-0.15, -0.1) is 0 Å². The molecule has 0 radical (unpaired) electrons. The van der Waals surface area contributed by atoms with E-state index in [0.29, 0.717) is 6.73 Å². The van der Waals surface area contributed by atoms with Crippen LogP contribution in [-0.4, -0.2) is 58.4 Å². The molecule has 120 valence electrons. The lowest BCUT2D eigenvalue weighted by Crippen LogP contribution is -2.35. The van der Waals surface area contributed by atoms with Gasteiger partial charge in [-0.05, 0) is 19.2 Å². The molecule has 3 N–H and O–H groups in total. The zero-order valence-corrected chi connectivity index (χ0v) is 12.2. The van der Waals surface area contributed by atoms with E-state index in [1.165, 1.54) is 0 Å². The van der Waals surface area contributed by atoms with E-state index < -0.39 is 0 Å². The van der Waals surface area contributed by atoms with E-state index in [-0.39, 0.29) is 44.6 Å². The lowest BCUT2D eigenvalue weighted by Gasteiger charge is -2.18. The number of nitrogens with one attached hydrogen (secondary N) is 3. The number of ether oxygens (including phenoxy) is 3. The minimum Gasteiger partial charge on any atom is -0.364 e. The Bertz CT molecular complexity index is 336. The summed E-state index contributed by atoms with van der Waals surface area (Å²) >= 11 is 0. The number of carbonyl (C=O) groups is 2. The average molecular weight is 301 g/mol. The molecule has 0 aromatic rings. The predicted molar refractivity (Wildman–Crippen MR) is 77.1 cm³/mol. The van der Waals surface area contributed by atoms with Gasteiger partial charge in [0.05, 0.1) is 19.9 Å². The summed E-state index contributed by atoms with van der Waals surface area (Å²) in [5.41, 5.74) is 0. The second-order valence-corrected chi connectivity index (χ2v) is 3.81. The standard InChI is InChI=1S/C13H23N3O5/c1-4-12(17)15-9-20-7-11(6-19-8-14-3)21-10-16-13(18)5-2/h4-5,11,14H,1-2,6-10H2,3H3,(H,15,17)(H,16,18). The fourth-order valence-corrected chi connectivity index (χ4v) is 1.12. The maximum atomic E-state index is 11.0. The molecule has 0 saturated carbocycles. The Morgan fingerprint density at radius 3 is 2.05 bits per heavy atom. The molecule has 0 fully saturated rings. The van der Waals surface area contributed by atoms with Crippen molar-refractivity contribution in [2.45, 2.75) is 6.10 Å². The molecule has 1 unspecified atom stereocenters. The number of rotatable bonds is 13. The van der Waals surface area contributed by atoms with E-state index >= 15 is 0 Å². The topological polar surface area (TPSA) is 97.9 Å². The number of amides is 2. The fourth-order valence-electron chi connectivity index (χ4n) is 1.12. The molecule has 0 aliphatic heterocycles. The Kier molecular flexibility index (Phi) is 12.2. The van der Waals surface area contributed by atoms with Crippen LogP contribution in [0.2, 0.25) is 0 Å². The molecule has 0 aliphatic carbocycles. The van der Waals surface area contributed by atoms with Crippen LogP contribution in [0.1, 0.15) is 0 Å². The molecule has 0 heterocycles. The Morgan fingerprint density at radius 2 is 1.52 bits per heavy atom. The molecule has 0 bridgehead atoms. The van der Waals surface area contributed by atoms with Gasteiger partial charge >= 0.3 is 0 Å². The van der Waals surface area contributed by atoms with Crippen molar-refractivity contribution in [1.82, 2.24) is 16.0 Å². The van der Waals surface area contributed by atoms with Crippen molar-refractivity contribution in [3.8, 4) is 0 Å². The molecule has 0 aromatic heterocycles. The zero-order chi connectivity index (χ0) is 15.9. The average Bonchev–Trinajstić information content (AvgIpc) is 2.50.